The van der Waals surface area contributed by atoms with Gasteiger partial charge in [-0.25, -0.2) is 4.98 Å². The minimum atomic E-state index is 0.553. The van der Waals surface area contributed by atoms with Crippen LogP contribution in [-0.2, 0) is 6.61 Å². The summed E-state index contributed by atoms with van der Waals surface area (Å²) in [6.45, 7) is 3.37. The largest absolute Gasteiger partial charge is 0.489 e. The Morgan fingerprint density at radius 3 is 2.44 bits per heavy atom. The van der Waals surface area contributed by atoms with E-state index in [-0.39, 0.29) is 0 Å². The first-order valence-electron chi connectivity index (χ1n) is 8.58. The molecular formula is C21H22N2O2. The van der Waals surface area contributed by atoms with Crippen molar-refractivity contribution in [2.45, 2.75) is 26.4 Å². The summed E-state index contributed by atoms with van der Waals surface area (Å²) in [6.07, 6.45) is 3.85. The van der Waals surface area contributed by atoms with E-state index in [9.17, 15) is 0 Å². The van der Waals surface area contributed by atoms with Crippen molar-refractivity contribution in [3.63, 3.8) is 0 Å². The van der Waals surface area contributed by atoms with Gasteiger partial charge in [-0.3, -0.25) is 0 Å². The number of unbranched alkanes of at least 4 members (excludes halogenated alkanes) is 1. The van der Waals surface area contributed by atoms with E-state index in [0.717, 1.165) is 29.7 Å². The lowest BCUT2D eigenvalue weighted by molar-refractivity contribution is 0.297. The number of nitrogens with zero attached hydrogens (tertiary/aromatic N) is 2. The monoisotopic (exact) mass is 334 g/mol. The number of hydrogen-bond acceptors (Lipinski definition) is 4. The topological polar surface area (TPSA) is 44.2 Å². The molecule has 4 heteroatoms. The van der Waals surface area contributed by atoms with Crippen molar-refractivity contribution >= 4 is 0 Å². The molecule has 0 radical (unpaired) electrons. The van der Waals surface area contributed by atoms with Crippen LogP contribution in [0.2, 0.25) is 0 Å². The third kappa shape index (κ3) is 5.05. The Kier molecular flexibility index (Phi) is 5.99. The van der Waals surface area contributed by atoms with Crippen molar-refractivity contribution in [2.75, 3.05) is 6.61 Å². The van der Waals surface area contributed by atoms with E-state index in [1.165, 1.54) is 0 Å². The van der Waals surface area contributed by atoms with E-state index >= 15 is 0 Å². The summed E-state index contributed by atoms with van der Waals surface area (Å²) in [5.74, 6) is 2.09. The zero-order valence-electron chi connectivity index (χ0n) is 14.4. The predicted molar refractivity (Wildman–Crippen MR) is 98.6 cm³/mol. The predicted octanol–water partition coefficient (Wildman–Crippen LogP) is 4.90. The molecule has 0 unspecified atom stereocenters. The van der Waals surface area contributed by atoms with Gasteiger partial charge >= 0.3 is 0 Å². The molecular weight excluding hydrogens is 312 g/mol. The van der Waals surface area contributed by atoms with Crippen molar-refractivity contribution in [1.82, 2.24) is 9.97 Å². The molecule has 0 aliphatic heterocycles. The molecule has 1 heterocycles. The molecule has 0 saturated carbocycles. The summed E-state index contributed by atoms with van der Waals surface area (Å²) in [4.78, 5) is 8.79. The van der Waals surface area contributed by atoms with Gasteiger partial charge in [0.25, 0.3) is 0 Å². The fraction of sp³-hybridized carbons (Fsp3) is 0.238. The highest BCUT2D eigenvalue weighted by molar-refractivity contribution is 5.56. The molecule has 25 heavy (non-hydrogen) atoms. The minimum Gasteiger partial charge on any atom is -0.489 e. The number of rotatable bonds is 8. The Balaban J connectivity index is 1.62. The Morgan fingerprint density at radius 1 is 0.880 bits per heavy atom. The summed E-state index contributed by atoms with van der Waals surface area (Å²) in [5, 5.41) is 0. The lowest BCUT2D eigenvalue weighted by Gasteiger charge is -2.08. The Hall–Kier alpha value is -2.88. The zero-order valence-corrected chi connectivity index (χ0v) is 14.4. The Bertz CT molecular complexity index is 773. The second kappa shape index (κ2) is 8.83. The van der Waals surface area contributed by atoms with E-state index in [2.05, 4.69) is 16.9 Å². The maximum atomic E-state index is 5.81. The van der Waals surface area contributed by atoms with Crippen molar-refractivity contribution < 1.29 is 9.47 Å². The van der Waals surface area contributed by atoms with Crippen LogP contribution in [0.1, 0.15) is 25.3 Å². The average molecular weight is 334 g/mol. The summed E-state index contributed by atoms with van der Waals surface area (Å²) in [7, 11) is 0. The lowest BCUT2D eigenvalue weighted by Crippen LogP contribution is -2.00. The standard InChI is InChI=1S/C21H22N2O2/c1-2-3-15-24-20-13-14-22-21(23-20)18-9-11-19(12-10-18)25-16-17-7-5-4-6-8-17/h4-14H,2-3,15-16H2,1H3. The third-order valence-corrected chi connectivity index (χ3v) is 3.74. The van der Waals surface area contributed by atoms with E-state index in [0.29, 0.717) is 24.9 Å². The quantitative estimate of drug-likeness (QED) is 0.550. The maximum absolute atomic E-state index is 5.81. The van der Waals surface area contributed by atoms with E-state index < -0.39 is 0 Å². The molecule has 3 aromatic rings. The Morgan fingerprint density at radius 2 is 1.68 bits per heavy atom. The molecule has 1 aromatic heterocycles. The summed E-state index contributed by atoms with van der Waals surface area (Å²) < 4.78 is 11.5. The molecule has 0 N–H and O–H groups in total. The van der Waals surface area contributed by atoms with Crippen LogP contribution in [0.4, 0.5) is 0 Å². The van der Waals surface area contributed by atoms with Crippen LogP contribution in [-0.4, -0.2) is 16.6 Å². The van der Waals surface area contributed by atoms with Crippen LogP contribution < -0.4 is 9.47 Å². The van der Waals surface area contributed by atoms with Gasteiger partial charge in [0.05, 0.1) is 6.61 Å². The van der Waals surface area contributed by atoms with Gasteiger partial charge in [0, 0.05) is 17.8 Å². The molecule has 0 amide bonds. The fourth-order valence-corrected chi connectivity index (χ4v) is 2.32. The van der Waals surface area contributed by atoms with Crippen LogP contribution >= 0.6 is 0 Å². The number of benzene rings is 2. The number of ether oxygens (including phenoxy) is 2. The van der Waals surface area contributed by atoms with Crippen molar-refractivity contribution in [1.29, 1.82) is 0 Å². The molecule has 0 saturated heterocycles. The highest BCUT2D eigenvalue weighted by Crippen LogP contribution is 2.21. The van der Waals surface area contributed by atoms with Gasteiger partial charge in [-0.05, 0) is 36.2 Å². The third-order valence-electron chi connectivity index (χ3n) is 3.74. The molecule has 0 bridgehead atoms. The van der Waals surface area contributed by atoms with Crippen LogP contribution in [0.25, 0.3) is 11.4 Å². The molecule has 3 rings (SSSR count). The van der Waals surface area contributed by atoms with Crippen molar-refractivity contribution in [2.24, 2.45) is 0 Å². The molecule has 0 aliphatic carbocycles. The van der Waals surface area contributed by atoms with Gasteiger partial charge in [-0.15, -0.1) is 0 Å². The SMILES string of the molecule is CCCCOc1ccnc(-c2ccc(OCc3ccccc3)cc2)n1. The lowest BCUT2D eigenvalue weighted by atomic mass is 10.2. The molecule has 2 aromatic carbocycles. The Labute approximate surface area is 148 Å². The van der Waals surface area contributed by atoms with Gasteiger partial charge < -0.3 is 9.47 Å². The zero-order chi connectivity index (χ0) is 17.3. The van der Waals surface area contributed by atoms with Crippen molar-refractivity contribution in [3.8, 4) is 23.0 Å². The normalized spacial score (nSPS) is 10.4. The first-order valence-corrected chi connectivity index (χ1v) is 8.58. The van der Waals surface area contributed by atoms with Gasteiger partial charge in [-0.1, -0.05) is 43.7 Å². The second-order valence-electron chi connectivity index (χ2n) is 5.72. The fourth-order valence-electron chi connectivity index (χ4n) is 2.32. The first-order chi connectivity index (χ1) is 12.3. The number of aromatic nitrogens is 2. The summed E-state index contributed by atoms with van der Waals surface area (Å²) in [6, 6.07) is 19.7. The minimum absolute atomic E-state index is 0.553. The second-order valence-corrected chi connectivity index (χ2v) is 5.72. The summed E-state index contributed by atoms with van der Waals surface area (Å²) >= 11 is 0. The number of hydrogen-bond donors (Lipinski definition) is 0. The highest BCUT2D eigenvalue weighted by Gasteiger charge is 2.04. The molecule has 0 atom stereocenters. The van der Waals surface area contributed by atoms with E-state index in [1.54, 1.807) is 12.3 Å². The molecule has 0 aliphatic rings. The molecule has 128 valence electrons. The van der Waals surface area contributed by atoms with Gasteiger partial charge in [-0.2, -0.15) is 4.98 Å². The van der Waals surface area contributed by atoms with Gasteiger partial charge in [0.2, 0.25) is 5.88 Å². The van der Waals surface area contributed by atoms with Gasteiger partial charge in [0.15, 0.2) is 5.82 Å². The van der Waals surface area contributed by atoms with Crippen LogP contribution in [0, 0.1) is 0 Å². The van der Waals surface area contributed by atoms with E-state index in [4.69, 9.17) is 9.47 Å². The smallest absolute Gasteiger partial charge is 0.216 e. The van der Waals surface area contributed by atoms with Crippen LogP contribution in [0.15, 0.2) is 66.9 Å². The molecule has 0 spiro atoms. The van der Waals surface area contributed by atoms with Crippen molar-refractivity contribution in [3.05, 3.63) is 72.4 Å². The molecule has 4 nitrogen and oxygen atoms in total. The van der Waals surface area contributed by atoms with Crippen LogP contribution in [0.5, 0.6) is 11.6 Å². The maximum Gasteiger partial charge on any atom is 0.216 e. The summed E-state index contributed by atoms with van der Waals surface area (Å²) in [5.41, 5.74) is 2.08. The molecule has 0 fully saturated rings. The van der Waals surface area contributed by atoms with E-state index in [1.807, 2.05) is 54.6 Å². The first kappa shape index (κ1) is 17.0. The highest BCUT2D eigenvalue weighted by atomic mass is 16.5. The van der Waals surface area contributed by atoms with Gasteiger partial charge in [0.1, 0.15) is 12.4 Å². The average Bonchev–Trinajstić information content (AvgIpc) is 2.68. The van der Waals surface area contributed by atoms with Crippen LogP contribution in [0.3, 0.4) is 0 Å².